The number of amides is 1. The lowest BCUT2D eigenvalue weighted by Crippen LogP contribution is -2.29. The van der Waals surface area contributed by atoms with Crippen molar-refractivity contribution in [3.05, 3.63) is 82.1 Å². The molecule has 0 spiro atoms. The van der Waals surface area contributed by atoms with Gasteiger partial charge in [-0.1, -0.05) is 48.5 Å². The number of aryl methyl sites for hydroxylation is 1. The summed E-state index contributed by atoms with van der Waals surface area (Å²) in [6.07, 6.45) is 0.901. The standard InChI is InChI=1S/C23H21N3O2S/c1-15-17-9-5-6-10-19(17)28-21(15)22(27)25-23-24-18-11-12-26(14-20(18)29-23)13-16-7-3-2-4-8-16/h2-10H,11-14H2,1H3,(H,24,25,27). The molecule has 5 rings (SSSR count). The maximum atomic E-state index is 12.8. The summed E-state index contributed by atoms with van der Waals surface area (Å²) in [6.45, 7) is 4.68. The van der Waals surface area contributed by atoms with Crippen LogP contribution < -0.4 is 5.32 Å². The van der Waals surface area contributed by atoms with Crippen molar-refractivity contribution in [3.63, 3.8) is 0 Å². The minimum absolute atomic E-state index is 0.245. The molecule has 146 valence electrons. The van der Waals surface area contributed by atoms with E-state index < -0.39 is 0 Å². The van der Waals surface area contributed by atoms with Gasteiger partial charge in [-0.25, -0.2) is 4.98 Å². The van der Waals surface area contributed by atoms with Crippen LogP contribution in [0.15, 0.2) is 59.0 Å². The third-order valence-corrected chi connectivity index (χ3v) is 6.33. The maximum Gasteiger partial charge on any atom is 0.293 e. The van der Waals surface area contributed by atoms with Crippen molar-refractivity contribution in [1.82, 2.24) is 9.88 Å². The van der Waals surface area contributed by atoms with Gasteiger partial charge in [0, 0.05) is 41.9 Å². The minimum atomic E-state index is -0.245. The van der Waals surface area contributed by atoms with Crippen LogP contribution in [-0.4, -0.2) is 22.3 Å². The number of fused-ring (bicyclic) bond motifs is 2. The number of benzene rings is 2. The molecule has 0 unspecified atom stereocenters. The quantitative estimate of drug-likeness (QED) is 0.520. The van der Waals surface area contributed by atoms with E-state index in [1.807, 2.05) is 37.3 Å². The maximum absolute atomic E-state index is 12.8. The second kappa shape index (κ2) is 7.46. The molecule has 5 nitrogen and oxygen atoms in total. The first-order valence-electron chi connectivity index (χ1n) is 9.72. The largest absolute Gasteiger partial charge is 0.451 e. The van der Waals surface area contributed by atoms with Crippen molar-refractivity contribution < 1.29 is 9.21 Å². The Bertz CT molecular complexity index is 1180. The fraction of sp³-hybridized carbons (Fsp3) is 0.217. The number of furan rings is 1. The predicted molar refractivity (Wildman–Crippen MR) is 115 cm³/mol. The number of nitrogens with zero attached hydrogens (tertiary/aromatic N) is 2. The molecule has 6 heteroatoms. The third-order valence-electron chi connectivity index (χ3n) is 5.33. The Hall–Kier alpha value is -2.96. The molecule has 1 aliphatic heterocycles. The highest BCUT2D eigenvalue weighted by Gasteiger charge is 2.23. The summed E-state index contributed by atoms with van der Waals surface area (Å²) in [6, 6.07) is 18.2. The van der Waals surface area contributed by atoms with E-state index in [9.17, 15) is 4.79 Å². The molecule has 1 amide bonds. The average molecular weight is 404 g/mol. The summed E-state index contributed by atoms with van der Waals surface area (Å²) in [4.78, 5) is 21.1. The molecule has 1 aliphatic rings. The molecule has 2 aromatic carbocycles. The summed E-state index contributed by atoms with van der Waals surface area (Å²) >= 11 is 1.56. The molecule has 0 radical (unpaired) electrons. The Kier molecular flexibility index (Phi) is 4.66. The number of carbonyl (C=O) groups excluding carboxylic acids is 1. The van der Waals surface area contributed by atoms with Gasteiger partial charge in [0.25, 0.3) is 5.91 Å². The number of carbonyl (C=O) groups is 1. The monoisotopic (exact) mass is 403 g/mol. The third kappa shape index (κ3) is 3.57. The first kappa shape index (κ1) is 18.1. The Morgan fingerprint density at radius 1 is 1.17 bits per heavy atom. The van der Waals surface area contributed by atoms with Gasteiger partial charge >= 0.3 is 0 Å². The number of anilines is 1. The van der Waals surface area contributed by atoms with Gasteiger partial charge in [0.05, 0.1) is 5.69 Å². The predicted octanol–water partition coefficient (Wildman–Crippen LogP) is 5.01. The zero-order valence-electron chi connectivity index (χ0n) is 16.1. The van der Waals surface area contributed by atoms with E-state index in [-0.39, 0.29) is 5.91 Å². The SMILES string of the molecule is Cc1c(C(=O)Nc2nc3c(s2)CN(Cc2ccccc2)CC3)oc2ccccc12. The van der Waals surface area contributed by atoms with Gasteiger partial charge in [0.1, 0.15) is 5.58 Å². The number of rotatable bonds is 4. The van der Waals surface area contributed by atoms with Gasteiger partial charge in [-0.15, -0.1) is 11.3 Å². The van der Waals surface area contributed by atoms with Crippen molar-refractivity contribution in [2.75, 3.05) is 11.9 Å². The van der Waals surface area contributed by atoms with Crippen LogP contribution in [0.4, 0.5) is 5.13 Å². The normalized spacial score (nSPS) is 14.1. The molecule has 0 atom stereocenters. The Labute approximate surface area is 173 Å². The summed E-state index contributed by atoms with van der Waals surface area (Å²) in [5, 5.41) is 4.54. The molecule has 4 aromatic rings. The lowest BCUT2D eigenvalue weighted by atomic mass is 10.1. The fourth-order valence-electron chi connectivity index (χ4n) is 3.82. The highest BCUT2D eigenvalue weighted by atomic mass is 32.1. The lowest BCUT2D eigenvalue weighted by Gasteiger charge is -2.25. The van der Waals surface area contributed by atoms with Crippen LogP contribution >= 0.6 is 11.3 Å². The molecule has 0 saturated carbocycles. The fourth-order valence-corrected chi connectivity index (χ4v) is 4.87. The van der Waals surface area contributed by atoms with Crippen molar-refractivity contribution in [1.29, 1.82) is 0 Å². The molecule has 0 aliphatic carbocycles. The molecule has 0 fully saturated rings. The highest BCUT2D eigenvalue weighted by Crippen LogP contribution is 2.30. The number of para-hydroxylation sites is 1. The molecule has 29 heavy (non-hydrogen) atoms. The highest BCUT2D eigenvalue weighted by molar-refractivity contribution is 7.15. The van der Waals surface area contributed by atoms with Gasteiger partial charge in [-0.3, -0.25) is 15.0 Å². The summed E-state index contributed by atoms with van der Waals surface area (Å²) in [7, 11) is 0. The molecule has 2 aromatic heterocycles. The molecular weight excluding hydrogens is 382 g/mol. The van der Waals surface area contributed by atoms with E-state index in [0.29, 0.717) is 10.9 Å². The summed E-state index contributed by atoms with van der Waals surface area (Å²) in [5.74, 6) is 0.107. The zero-order valence-corrected chi connectivity index (χ0v) is 17.0. The lowest BCUT2D eigenvalue weighted by molar-refractivity contribution is 0.0998. The number of nitrogens with one attached hydrogen (secondary N) is 1. The number of hydrogen-bond donors (Lipinski definition) is 1. The average Bonchev–Trinajstić information content (AvgIpc) is 3.29. The van der Waals surface area contributed by atoms with Crippen LogP contribution in [0.25, 0.3) is 11.0 Å². The molecule has 0 bridgehead atoms. The second-order valence-electron chi connectivity index (χ2n) is 7.34. The number of aromatic nitrogens is 1. The van der Waals surface area contributed by atoms with E-state index in [1.54, 1.807) is 11.3 Å². The van der Waals surface area contributed by atoms with Crippen molar-refractivity contribution in [2.24, 2.45) is 0 Å². The topological polar surface area (TPSA) is 58.4 Å². The Balaban J connectivity index is 1.31. The molecule has 1 N–H and O–H groups in total. The Morgan fingerprint density at radius 3 is 2.79 bits per heavy atom. The van der Waals surface area contributed by atoms with E-state index in [0.717, 1.165) is 48.3 Å². The molecule has 3 heterocycles. The second-order valence-corrected chi connectivity index (χ2v) is 8.43. The van der Waals surface area contributed by atoms with Gasteiger partial charge in [-0.05, 0) is 18.6 Å². The molecule has 0 saturated heterocycles. The van der Waals surface area contributed by atoms with E-state index in [1.165, 1.54) is 10.4 Å². The van der Waals surface area contributed by atoms with Crippen LogP contribution in [0, 0.1) is 6.92 Å². The van der Waals surface area contributed by atoms with Gasteiger partial charge in [0.15, 0.2) is 10.9 Å². The molecular formula is C23H21N3O2S. The van der Waals surface area contributed by atoms with E-state index in [4.69, 9.17) is 4.42 Å². The van der Waals surface area contributed by atoms with Crippen molar-refractivity contribution >= 4 is 33.3 Å². The van der Waals surface area contributed by atoms with Gasteiger partial charge < -0.3 is 4.42 Å². The van der Waals surface area contributed by atoms with Crippen LogP contribution in [0.5, 0.6) is 0 Å². The van der Waals surface area contributed by atoms with Crippen LogP contribution in [0.1, 0.15) is 32.3 Å². The van der Waals surface area contributed by atoms with Crippen molar-refractivity contribution in [3.8, 4) is 0 Å². The van der Waals surface area contributed by atoms with Crippen LogP contribution in [0.2, 0.25) is 0 Å². The summed E-state index contributed by atoms with van der Waals surface area (Å²) < 4.78 is 5.77. The number of hydrogen-bond acceptors (Lipinski definition) is 5. The Morgan fingerprint density at radius 2 is 1.97 bits per heavy atom. The van der Waals surface area contributed by atoms with E-state index in [2.05, 4.69) is 39.5 Å². The first-order chi connectivity index (χ1) is 14.2. The zero-order chi connectivity index (χ0) is 19.8. The smallest absolute Gasteiger partial charge is 0.293 e. The minimum Gasteiger partial charge on any atom is -0.451 e. The summed E-state index contributed by atoms with van der Waals surface area (Å²) in [5.41, 5.74) is 3.99. The van der Waals surface area contributed by atoms with Crippen LogP contribution in [0.3, 0.4) is 0 Å². The van der Waals surface area contributed by atoms with Gasteiger partial charge in [0.2, 0.25) is 0 Å². The number of thiazole rings is 1. The van der Waals surface area contributed by atoms with Gasteiger partial charge in [-0.2, -0.15) is 0 Å². The first-order valence-corrected chi connectivity index (χ1v) is 10.5. The van der Waals surface area contributed by atoms with E-state index >= 15 is 0 Å². The van der Waals surface area contributed by atoms with Crippen LogP contribution in [-0.2, 0) is 19.5 Å². The van der Waals surface area contributed by atoms with Crippen molar-refractivity contribution in [2.45, 2.75) is 26.4 Å².